The molecule has 0 spiro atoms. The van der Waals surface area contributed by atoms with E-state index in [1.54, 1.807) is 12.3 Å². The van der Waals surface area contributed by atoms with Crippen LogP contribution in [0.4, 0.5) is 0 Å². The molecule has 0 bridgehead atoms. The summed E-state index contributed by atoms with van der Waals surface area (Å²) in [5.74, 6) is 0.727. The summed E-state index contributed by atoms with van der Waals surface area (Å²) >= 11 is 0. The van der Waals surface area contributed by atoms with E-state index in [0.29, 0.717) is 6.54 Å². The van der Waals surface area contributed by atoms with Gasteiger partial charge in [-0.25, -0.2) is 0 Å². The van der Waals surface area contributed by atoms with Crippen LogP contribution in [0.5, 0.6) is 0 Å². The average Bonchev–Trinajstić information content (AvgIpc) is 3.06. The molecule has 1 unspecified atom stereocenters. The van der Waals surface area contributed by atoms with Crippen molar-refractivity contribution in [2.75, 3.05) is 20.6 Å². The largest absolute Gasteiger partial charge is 0.468 e. The first-order valence-corrected chi connectivity index (χ1v) is 8.53. The molecule has 2 rings (SSSR count). The quantitative estimate of drug-likeness (QED) is 0.808. The second-order valence-electron chi connectivity index (χ2n) is 7.45. The van der Waals surface area contributed by atoms with Crippen LogP contribution in [0.25, 0.3) is 6.08 Å². The zero-order chi connectivity index (χ0) is 18.4. The van der Waals surface area contributed by atoms with Crippen LogP contribution in [-0.2, 0) is 10.2 Å². The minimum absolute atomic E-state index is 0.0124. The molecule has 1 aromatic carbocycles. The molecule has 1 amide bonds. The third kappa shape index (κ3) is 5.61. The molecule has 4 heteroatoms. The first kappa shape index (κ1) is 19.0. The smallest absolute Gasteiger partial charge is 0.244 e. The van der Waals surface area contributed by atoms with Gasteiger partial charge in [0.15, 0.2) is 0 Å². The third-order valence-electron chi connectivity index (χ3n) is 4.17. The van der Waals surface area contributed by atoms with Gasteiger partial charge in [0, 0.05) is 12.6 Å². The molecule has 1 N–H and O–H groups in total. The fourth-order valence-electron chi connectivity index (χ4n) is 2.54. The Kier molecular flexibility index (Phi) is 6.21. The van der Waals surface area contributed by atoms with Gasteiger partial charge in [0.25, 0.3) is 0 Å². The topological polar surface area (TPSA) is 45.5 Å². The molecular weight excluding hydrogens is 312 g/mol. The van der Waals surface area contributed by atoms with Gasteiger partial charge >= 0.3 is 0 Å². The zero-order valence-corrected chi connectivity index (χ0v) is 15.7. The van der Waals surface area contributed by atoms with Crippen molar-refractivity contribution < 1.29 is 9.21 Å². The normalized spacial score (nSPS) is 13.4. The van der Waals surface area contributed by atoms with Crippen LogP contribution in [0, 0.1) is 0 Å². The highest BCUT2D eigenvalue weighted by Crippen LogP contribution is 2.22. The number of carbonyl (C=O) groups is 1. The van der Waals surface area contributed by atoms with Crippen molar-refractivity contribution in [3.63, 3.8) is 0 Å². The molecule has 2 aromatic rings. The molecule has 134 valence electrons. The van der Waals surface area contributed by atoms with Crippen molar-refractivity contribution in [2.24, 2.45) is 0 Å². The SMILES string of the molecule is CN(C)C(CNC(=O)/C=C/c1ccc(C(C)(C)C)cc1)c1ccco1. The highest BCUT2D eigenvalue weighted by Gasteiger charge is 2.17. The van der Waals surface area contributed by atoms with E-state index in [4.69, 9.17) is 4.42 Å². The number of nitrogens with zero attached hydrogens (tertiary/aromatic N) is 1. The first-order valence-electron chi connectivity index (χ1n) is 8.53. The Labute approximate surface area is 150 Å². The lowest BCUT2D eigenvalue weighted by atomic mass is 9.87. The maximum Gasteiger partial charge on any atom is 0.244 e. The zero-order valence-electron chi connectivity index (χ0n) is 15.7. The highest BCUT2D eigenvalue weighted by atomic mass is 16.3. The lowest BCUT2D eigenvalue weighted by molar-refractivity contribution is -0.116. The number of carbonyl (C=O) groups excluding carboxylic acids is 1. The monoisotopic (exact) mass is 340 g/mol. The first-order chi connectivity index (χ1) is 11.8. The van der Waals surface area contributed by atoms with Crippen molar-refractivity contribution in [2.45, 2.75) is 32.2 Å². The van der Waals surface area contributed by atoms with E-state index in [-0.39, 0.29) is 17.4 Å². The number of furan rings is 1. The molecule has 0 aliphatic heterocycles. The van der Waals surface area contributed by atoms with Gasteiger partial charge in [-0.1, -0.05) is 45.0 Å². The van der Waals surface area contributed by atoms with E-state index < -0.39 is 0 Å². The van der Waals surface area contributed by atoms with Gasteiger partial charge in [-0.05, 0) is 48.8 Å². The summed E-state index contributed by atoms with van der Waals surface area (Å²) in [4.78, 5) is 14.1. The Morgan fingerprint density at radius 2 is 1.88 bits per heavy atom. The van der Waals surface area contributed by atoms with Gasteiger partial charge in [0.1, 0.15) is 5.76 Å². The lowest BCUT2D eigenvalue weighted by Gasteiger charge is -2.22. The number of rotatable bonds is 6. The number of nitrogens with one attached hydrogen (secondary N) is 1. The fourth-order valence-corrected chi connectivity index (χ4v) is 2.54. The van der Waals surface area contributed by atoms with E-state index in [9.17, 15) is 4.79 Å². The number of benzene rings is 1. The van der Waals surface area contributed by atoms with Crippen molar-refractivity contribution in [1.82, 2.24) is 10.2 Å². The Morgan fingerprint density at radius 3 is 2.40 bits per heavy atom. The molecular formula is C21H28N2O2. The Hall–Kier alpha value is -2.33. The Bertz CT molecular complexity index is 692. The van der Waals surface area contributed by atoms with Crippen LogP contribution in [-0.4, -0.2) is 31.4 Å². The van der Waals surface area contributed by atoms with Gasteiger partial charge in [0.05, 0.1) is 12.3 Å². The van der Waals surface area contributed by atoms with E-state index in [2.05, 4.69) is 38.2 Å². The molecule has 25 heavy (non-hydrogen) atoms. The van der Waals surface area contributed by atoms with Crippen LogP contribution in [0.2, 0.25) is 0 Å². The summed E-state index contributed by atoms with van der Waals surface area (Å²) in [5, 5.41) is 2.93. The third-order valence-corrected chi connectivity index (χ3v) is 4.17. The predicted molar refractivity (Wildman–Crippen MR) is 102 cm³/mol. The van der Waals surface area contributed by atoms with Crippen molar-refractivity contribution >= 4 is 12.0 Å². The van der Waals surface area contributed by atoms with Gasteiger partial charge in [0.2, 0.25) is 5.91 Å². The minimum atomic E-state index is -0.113. The molecule has 0 fully saturated rings. The molecule has 0 saturated carbocycles. The molecule has 0 aliphatic carbocycles. The minimum Gasteiger partial charge on any atom is -0.468 e. The van der Waals surface area contributed by atoms with Gasteiger partial charge in [-0.15, -0.1) is 0 Å². The van der Waals surface area contributed by atoms with Crippen LogP contribution in [0.1, 0.15) is 43.7 Å². The van der Waals surface area contributed by atoms with Gasteiger partial charge in [-0.3, -0.25) is 9.69 Å². The number of likely N-dealkylation sites (N-methyl/N-ethyl adjacent to an activating group) is 1. The average molecular weight is 340 g/mol. The van der Waals surface area contributed by atoms with Crippen LogP contribution < -0.4 is 5.32 Å². The summed E-state index contributed by atoms with van der Waals surface area (Å²) in [7, 11) is 3.93. The number of amides is 1. The molecule has 1 aromatic heterocycles. The molecule has 0 radical (unpaired) electrons. The Balaban J connectivity index is 1.92. The molecule has 0 saturated heterocycles. The van der Waals surface area contributed by atoms with Gasteiger partial charge in [-0.2, -0.15) is 0 Å². The molecule has 0 aliphatic rings. The maximum atomic E-state index is 12.1. The van der Waals surface area contributed by atoms with Crippen molar-refractivity contribution in [1.29, 1.82) is 0 Å². The van der Waals surface area contributed by atoms with Crippen molar-refractivity contribution in [3.8, 4) is 0 Å². The van der Waals surface area contributed by atoms with Crippen LogP contribution >= 0.6 is 0 Å². The molecule has 4 nitrogen and oxygen atoms in total. The van der Waals surface area contributed by atoms with E-state index in [0.717, 1.165) is 11.3 Å². The highest BCUT2D eigenvalue weighted by molar-refractivity contribution is 5.91. The number of hydrogen-bond donors (Lipinski definition) is 1. The summed E-state index contributed by atoms with van der Waals surface area (Å²) in [6, 6.07) is 12.1. The van der Waals surface area contributed by atoms with E-state index in [1.807, 2.05) is 49.3 Å². The predicted octanol–water partition coefficient (Wildman–Crippen LogP) is 4.01. The van der Waals surface area contributed by atoms with Crippen LogP contribution in [0.3, 0.4) is 0 Å². The standard InChI is InChI=1S/C21H28N2O2/c1-21(2,3)17-11-8-16(9-12-17)10-13-20(24)22-15-18(23(4)5)19-7-6-14-25-19/h6-14,18H,15H2,1-5H3,(H,22,24)/b13-10+. The van der Waals surface area contributed by atoms with Crippen LogP contribution in [0.15, 0.2) is 53.2 Å². The summed E-state index contributed by atoms with van der Waals surface area (Å²) < 4.78 is 5.45. The summed E-state index contributed by atoms with van der Waals surface area (Å²) in [5.41, 5.74) is 2.42. The van der Waals surface area contributed by atoms with E-state index in [1.165, 1.54) is 5.56 Å². The lowest BCUT2D eigenvalue weighted by Crippen LogP contribution is -2.33. The Morgan fingerprint density at radius 1 is 1.20 bits per heavy atom. The summed E-state index contributed by atoms with van der Waals surface area (Å²) in [6.45, 7) is 7.05. The van der Waals surface area contributed by atoms with Gasteiger partial charge < -0.3 is 9.73 Å². The number of hydrogen-bond acceptors (Lipinski definition) is 3. The maximum absolute atomic E-state index is 12.1. The second kappa shape index (κ2) is 8.17. The molecule has 1 atom stereocenters. The summed E-state index contributed by atoms with van der Waals surface area (Å²) in [6.07, 6.45) is 5.05. The van der Waals surface area contributed by atoms with Crippen molar-refractivity contribution in [3.05, 3.63) is 65.6 Å². The molecule has 1 heterocycles. The fraction of sp³-hybridized carbons (Fsp3) is 0.381. The van der Waals surface area contributed by atoms with E-state index >= 15 is 0 Å². The second-order valence-corrected chi connectivity index (χ2v) is 7.45.